The molecule has 3 aromatic rings. The first-order valence-electron chi connectivity index (χ1n) is 11.9. The Morgan fingerprint density at radius 2 is 1.42 bits per heavy atom. The van der Waals surface area contributed by atoms with Crippen LogP contribution in [0.3, 0.4) is 0 Å². The molecule has 0 spiro atoms. The van der Waals surface area contributed by atoms with Crippen LogP contribution in [0.2, 0.25) is 0 Å². The van der Waals surface area contributed by atoms with Crippen molar-refractivity contribution in [1.29, 1.82) is 0 Å². The molecule has 3 aromatic carbocycles. The molecular formula is C29H29FN2O4. The van der Waals surface area contributed by atoms with Crippen molar-refractivity contribution in [1.82, 2.24) is 10.2 Å². The largest absolute Gasteiger partial charge is 0.469 e. The third-order valence-electron chi connectivity index (χ3n) is 6.49. The van der Waals surface area contributed by atoms with Crippen molar-refractivity contribution in [2.75, 3.05) is 7.11 Å². The zero-order valence-electron chi connectivity index (χ0n) is 20.4. The van der Waals surface area contributed by atoms with Crippen LogP contribution in [0.4, 0.5) is 4.39 Å². The number of likely N-dealkylation sites (tertiary alicyclic amines) is 1. The van der Waals surface area contributed by atoms with Gasteiger partial charge in [-0.2, -0.15) is 0 Å². The number of carbonyl (C=O) groups is 3. The van der Waals surface area contributed by atoms with E-state index in [4.69, 9.17) is 4.74 Å². The Hall–Kier alpha value is -4.00. The number of benzene rings is 3. The van der Waals surface area contributed by atoms with Crippen molar-refractivity contribution in [3.05, 3.63) is 107 Å². The molecule has 7 heteroatoms. The molecule has 36 heavy (non-hydrogen) atoms. The van der Waals surface area contributed by atoms with Crippen LogP contribution in [0.5, 0.6) is 0 Å². The van der Waals surface area contributed by atoms with Crippen molar-refractivity contribution in [2.24, 2.45) is 5.92 Å². The van der Waals surface area contributed by atoms with Gasteiger partial charge in [-0.15, -0.1) is 0 Å². The van der Waals surface area contributed by atoms with Gasteiger partial charge in [0.2, 0.25) is 5.91 Å². The smallest absolute Gasteiger partial charge is 0.311 e. The second-order valence-corrected chi connectivity index (χ2v) is 9.17. The predicted molar refractivity (Wildman–Crippen MR) is 134 cm³/mol. The summed E-state index contributed by atoms with van der Waals surface area (Å²) in [4.78, 5) is 42.7. The predicted octanol–water partition coefficient (Wildman–Crippen LogP) is 4.49. The lowest BCUT2D eigenvalue weighted by Crippen LogP contribution is -2.50. The molecule has 6 nitrogen and oxygen atoms in total. The average molecular weight is 489 g/mol. The molecule has 2 amide bonds. The van der Waals surface area contributed by atoms with Gasteiger partial charge in [-0.1, -0.05) is 60.7 Å². The van der Waals surface area contributed by atoms with Gasteiger partial charge in [0.15, 0.2) is 0 Å². The van der Waals surface area contributed by atoms with Crippen molar-refractivity contribution in [3.8, 4) is 0 Å². The summed E-state index contributed by atoms with van der Waals surface area (Å²) in [5.74, 6) is -3.37. The molecule has 0 bridgehead atoms. The molecule has 1 heterocycles. The van der Waals surface area contributed by atoms with Crippen LogP contribution in [0, 0.1) is 11.7 Å². The van der Waals surface area contributed by atoms with Crippen LogP contribution in [-0.2, 0) is 14.3 Å². The quantitative estimate of drug-likeness (QED) is 0.519. The lowest BCUT2D eigenvalue weighted by molar-refractivity contribution is -0.146. The van der Waals surface area contributed by atoms with Gasteiger partial charge in [0, 0.05) is 17.5 Å². The van der Waals surface area contributed by atoms with E-state index in [2.05, 4.69) is 5.32 Å². The summed E-state index contributed by atoms with van der Waals surface area (Å²) >= 11 is 0. The van der Waals surface area contributed by atoms with E-state index >= 15 is 0 Å². The molecule has 0 saturated carbocycles. The van der Waals surface area contributed by atoms with Gasteiger partial charge in [-0.3, -0.25) is 14.4 Å². The Morgan fingerprint density at radius 1 is 0.861 bits per heavy atom. The number of ether oxygens (including phenoxy) is 1. The number of esters is 1. The number of hydrogen-bond donors (Lipinski definition) is 1. The third-order valence-corrected chi connectivity index (χ3v) is 6.49. The summed E-state index contributed by atoms with van der Waals surface area (Å²) in [6.07, 6.45) is 0. The number of halogens is 1. The van der Waals surface area contributed by atoms with Gasteiger partial charge in [0.05, 0.1) is 19.1 Å². The van der Waals surface area contributed by atoms with Crippen molar-refractivity contribution < 1.29 is 23.5 Å². The summed E-state index contributed by atoms with van der Waals surface area (Å²) in [6, 6.07) is 21.6. The number of nitrogens with one attached hydrogen (secondary N) is 1. The molecule has 1 N–H and O–H groups in total. The highest BCUT2D eigenvalue weighted by molar-refractivity contribution is 6.00. The summed E-state index contributed by atoms with van der Waals surface area (Å²) in [5.41, 5.74) is 1.66. The molecule has 4 unspecified atom stereocenters. The van der Waals surface area contributed by atoms with Crippen molar-refractivity contribution in [2.45, 2.75) is 37.9 Å². The van der Waals surface area contributed by atoms with Gasteiger partial charge in [0.25, 0.3) is 5.91 Å². The molecule has 186 valence electrons. The third kappa shape index (κ3) is 4.87. The maximum absolute atomic E-state index is 14.0. The molecule has 0 aromatic heterocycles. The highest BCUT2D eigenvalue weighted by Gasteiger charge is 2.58. The van der Waals surface area contributed by atoms with E-state index in [1.807, 2.05) is 74.5 Å². The number of methoxy groups -OCH3 is 1. The van der Waals surface area contributed by atoms with Crippen molar-refractivity contribution >= 4 is 17.8 Å². The minimum Gasteiger partial charge on any atom is -0.469 e. The van der Waals surface area contributed by atoms with E-state index in [1.54, 1.807) is 0 Å². The monoisotopic (exact) mass is 488 g/mol. The Balaban J connectivity index is 1.97. The first kappa shape index (κ1) is 25.1. The summed E-state index contributed by atoms with van der Waals surface area (Å²) in [7, 11) is 1.31. The summed E-state index contributed by atoms with van der Waals surface area (Å²) in [5, 5.41) is 2.93. The Labute approximate surface area is 210 Å². The molecular weight excluding hydrogens is 459 g/mol. The first-order valence-corrected chi connectivity index (χ1v) is 11.9. The van der Waals surface area contributed by atoms with Crippen LogP contribution in [0.15, 0.2) is 84.9 Å². The summed E-state index contributed by atoms with van der Waals surface area (Å²) in [6.45, 7) is 3.67. The van der Waals surface area contributed by atoms with E-state index in [-0.39, 0.29) is 17.5 Å². The minimum absolute atomic E-state index is 0.191. The van der Waals surface area contributed by atoms with E-state index in [9.17, 15) is 18.8 Å². The van der Waals surface area contributed by atoms with E-state index in [0.29, 0.717) is 5.56 Å². The van der Waals surface area contributed by atoms with Crippen molar-refractivity contribution in [3.63, 3.8) is 0 Å². The lowest BCUT2D eigenvalue weighted by atomic mass is 9.79. The molecule has 0 aliphatic carbocycles. The maximum atomic E-state index is 14.0. The van der Waals surface area contributed by atoms with Crippen LogP contribution < -0.4 is 5.32 Å². The van der Waals surface area contributed by atoms with Crippen LogP contribution in [0.1, 0.15) is 47.3 Å². The fourth-order valence-electron chi connectivity index (χ4n) is 5.06. The second-order valence-electron chi connectivity index (χ2n) is 9.17. The Bertz CT molecular complexity index is 1220. The molecule has 0 radical (unpaired) electrons. The zero-order chi connectivity index (χ0) is 25.8. The van der Waals surface area contributed by atoms with E-state index in [0.717, 1.165) is 5.56 Å². The Kier molecular flexibility index (Phi) is 7.48. The molecule has 1 saturated heterocycles. The number of nitrogens with zero attached hydrogens (tertiary/aromatic N) is 1. The Morgan fingerprint density at radius 3 is 1.94 bits per heavy atom. The topological polar surface area (TPSA) is 75.7 Å². The SMILES string of the molecule is COC(=O)C1C(c2ccccc2)C(C(=O)NC(C)C)N(C(=O)c2ccc(F)cc2)C1c1ccccc1. The van der Waals surface area contributed by atoms with Gasteiger partial charge in [0.1, 0.15) is 11.9 Å². The number of hydrogen-bond acceptors (Lipinski definition) is 4. The average Bonchev–Trinajstić information content (AvgIpc) is 3.25. The lowest BCUT2D eigenvalue weighted by Gasteiger charge is -2.32. The number of rotatable bonds is 6. The second kappa shape index (κ2) is 10.7. The molecule has 1 aliphatic rings. The highest BCUT2D eigenvalue weighted by Crippen LogP contribution is 2.51. The van der Waals surface area contributed by atoms with Crippen LogP contribution in [-0.4, -0.2) is 41.9 Å². The molecule has 4 atom stereocenters. The normalized spacial score (nSPS) is 21.3. The van der Waals surface area contributed by atoms with E-state index < -0.39 is 41.6 Å². The van der Waals surface area contributed by atoms with Crippen LogP contribution >= 0.6 is 0 Å². The number of carbonyl (C=O) groups excluding carboxylic acids is 3. The minimum atomic E-state index is -1.01. The summed E-state index contributed by atoms with van der Waals surface area (Å²) < 4.78 is 18.9. The molecule has 4 rings (SSSR count). The molecule has 1 aliphatic heterocycles. The van der Waals surface area contributed by atoms with Gasteiger partial charge in [-0.25, -0.2) is 4.39 Å². The fraction of sp³-hybridized carbons (Fsp3) is 0.276. The molecule has 1 fully saturated rings. The van der Waals surface area contributed by atoms with E-state index in [1.165, 1.54) is 36.3 Å². The van der Waals surface area contributed by atoms with Crippen LogP contribution in [0.25, 0.3) is 0 Å². The number of amides is 2. The maximum Gasteiger partial charge on any atom is 0.311 e. The fourth-order valence-corrected chi connectivity index (χ4v) is 5.06. The first-order chi connectivity index (χ1) is 17.3. The highest BCUT2D eigenvalue weighted by atomic mass is 19.1. The van der Waals surface area contributed by atoms with Gasteiger partial charge >= 0.3 is 5.97 Å². The standard InChI is InChI=1S/C29H29FN2O4/c1-18(2)31-27(33)26-23(19-10-6-4-7-11-19)24(29(35)36-3)25(20-12-8-5-9-13-20)32(26)28(34)21-14-16-22(30)17-15-21/h4-18,23-26H,1-3H3,(H,31,33). The zero-order valence-corrected chi connectivity index (χ0v) is 20.4. The van der Waals surface area contributed by atoms with Gasteiger partial charge in [-0.05, 0) is 49.2 Å². The van der Waals surface area contributed by atoms with Gasteiger partial charge < -0.3 is 15.0 Å².